The molecule has 0 aromatic carbocycles. The Morgan fingerprint density at radius 1 is 1.57 bits per heavy atom. The lowest BCUT2D eigenvalue weighted by Crippen LogP contribution is -2.11. The summed E-state index contributed by atoms with van der Waals surface area (Å²) in [4.78, 5) is 3.20. The molecule has 2 heteroatoms. The smallest absolute Gasteiger partial charge is 0.00829 e. The van der Waals surface area contributed by atoms with Gasteiger partial charge in [0.05, 0.1) is 0 Å². The van der Waals surface area contributed by atoms with Gasteiger partial charge in [-0.15, -0.1) is 11.3 Å². The Morgan fingerprint density at radius 2 is 2.43 bits per heavy atom. The molecule has 0 fully saturated rings. The van der Waals surface area contributed by atoms with Gasteiger partial charge in [-0.1, -0.05) is 6.92 Å². The zero-order valence-electron chi connectivity index (χ0n) is 8.88. The van der Waals surface area contributed by atoms with Gasteiger partial charge in [-0.3, -0.25) is 0 Å². The molecule has 1 atom stereocenters. The van der Waals surface area contributed by atoms with E-state index >= 15 is 0 Å². The maximum atomic E-state index is 5.66. The molecule has 0 aliphatic heterocycles. The van der Waals surface area contributed by atoms with Crippen molar-refractivity contribution in [2.45, 2.75) is 44.9 Å². The topological polar surface area (TPSA) is 26.0 Å². The number of nitrogens with two attached hydrogens (primary N) is 1. The summed E-state index contributed by atoms with van der Waals surface area (Å²) in [5.74, 6) is 0.764. The first-order valence-electron chi connectivity index (χ1n) is 5.66. The van der Waals surface area contributed by atoms with E-state index in [1.165, 1.54) is 32.1 Å². The minimum atomic E-state index is 0.764. The Hall–Kier alpha value is -0.340. The third-order valence-corrected chi connectivity index (χ3v) is 4.51. The summed E-state index contributed by atoms with van der Waals surface area (Å²) < 4.78 is 0. The summed E-state index contributed by atoms with van der Waals surface area (Å²) in [5.41, 5.74) is 7.29. The Bertz CT molecular complexity index is 303. The molecule has 1 aromatic rings. The van der Waals surface area contributed by atoms with Gasteiger partial charge >= 0.3 is 0 Å². The average molecular weight is 209 g/mol. The highest BCUT2D eigenvalue weighted by molar-refractivity contribution is 7.12. The van der Waals surface area contributed by atoms with E-state index < -0.39 is 0 Å². The van der Waals surface area contributed by atoms with E-state index in [9.17, 15) is 0 Å². The fourth-order valence-electron chi connectivity index (χ4n) is 2.38. The van der Waals surface area contributed by atoms with Crippen molar-refractivity contribution in [2.75, 3.05) is 6.54 Å². The highest BCUT2D eigenvalue weighted by Gasteiger charge is 2.21. The van der Waals surface area contributed by atoms with Gasteiger partial charge in [-0.05, 0) is 56.2 Å². The molecule has 1 heterocycles. The average Bonchev–Trinajstić information content (AvgIpc) is 2.62. The molecule has 0 saturated carbocycles. The second kappa shape index (κ2) is 4.45. The van der Waals surface area contributed by atoms with Crippen LogP contribution in [0, 0.1) is 0 Å². The number of hydrogen-bond donors (Lipinski definition) is 1. The van der Waals surface area contributed by atoms with E-state index in [1.807, 2.05) is 11.3 Å². The largest absolute Gasteiger partial charge is 0.330 e. The molecule has 0 bridgehead atoms. The molecule has 78 valence electrons. The highest BCUT2D eigenvalue weighted by Crippen LogP contribution is 2.38. The van der Waals surface area contributed by atoms with Crippen molar-refractivity contribution in [3.05, 3.63) is 21.4 Å². The maximum absolute atomic E-state index is 5.66. The molecule has 2 rings (SSSR count). The van der Waals surface area contributed by atoms with Crippen LogP contribution in [0.4, 0.5) is 0 Å². The molecule has 2 N–H and O–H groups in total. The van der Waals surface area contributed by atoms with Crippen LogP contribution in [0.2, 0.25) is 0 Å². The Morgan fingerprint density at radius 3 is 3.14 bits per heavy atom. The Labute approximate surface area is 90.3 Å². The van der Waals surface area contributed by atoms with Gasteiger partial charge in [-0.2, -0.15) is 0 Å². The molecule has 1 aliphatic carbocycles. The molecule has 0 radical (unpaired) electrons. The van der Waals surface area contributed by atoms with Gasteiger partial charge in [0.1, 0.15) is 0 Å². The summed E-state index contributed by atoms with van der Waals surface area (Å²) in [7, 11) is 0. The predicted molar refractivity (Wildman–Crippen MR) is 63.0 cm³/mol. The van der Waals surface area contributed by atoms with E-state index in [0.29, 0.717) is 0 Å². The minimum absolute atomic E-state index is 0.764. The zero-order chi connectivity index (χ0) is 9.97. The van der Waals surface area contributed by atoms with Gasteiger partial charge in [-0.25, -0.2) is 0 Å². The molecule has 0 saturated heterocycles. The van der Waals surface area contributed by atoms with Crippen molar-refractivity contribution in [3.63, 3.8) is 0 Å². The Balaban J connectivity index is 2.24. The summed E-state index contributed by atoms with van der Waals surface area (Å²) in [6.45, 7) is 3.08. The number of thiophene rings is 1. The second-order valence-electron chi connectivity index (χ2n) is 4.11. The van der Waals surface area contributed by atoms with Crippen molar-refractivity contribution >= 4 is 11.3 Å². The monoisotopic (exact) mass is 209 g/mol. The fourth-order valence-corrected chi connectivity index (χ4v) is 3.62. The molecular formula is C12H19NS. The summed E-state index contributed by atoms with van der Waals surface area (Å²) >= 11 is 2.02. The van der Waals surface area contributed by atoms with E-state index in [2.05, 4.69) is 13.0 Å². The lowest BCUT2D eigenvalue weighted by molar-refractivity contribution is 0.531. The maximum Gasteiger partial charge on any atom is 0.00829 e. The zero-order valence-corrected chi connectivity index (χ0v) is 9.70. The van der Waals surface area contributed by atoms with Crippen molar-refractivity contribution < 1.29 is 0 Å². The lowest BCUT2D eigenvalue weighted by atomic mass is 9.85. The fraction of sp³-hybridized carbons (Fsp3) is 0.667. The summed E-state index contributed by atoms with van der Waals surface area (Å²) in [6, 6.07) is 2.43. The summed E-state index contributed by atoms with van der Waals surface area (Å²) in [5, 5.41) is 0. The molecule has 0 spiro atoms. The van der Waals surface area contributed by atoms with Crippen LogP contribution in [0.3, 0.4) is 0 Å². The van der Waals surface area contributed by atoms with E-state index in [4.69, 9.17) is 5.73 Å². The van der Waals surface area contributed by atoms with E-state index in [1.54, 1.807) is 15.3 Å². The quantitative estimate of drug-likeness (QED) is 0.813. The molecule has 14 heavy (non-hydrogen) atoms. The van der Waals surface area contributed by atoms with Crippen molar-refractivity contribution in [2.24, 2.45) is 5.73 Å². The molecule has 0 amide bonds. The molecule has 1 aliphatic rings. The van der Waals surface area contributed by atoms with Crippen LogP contribution >= 0.6 is 11.3 Å². The third-order valence-electron chi connectivity index (χ3n) is 3.15. The van der Waals surface area contributed by atoms with Crippen molar-refractivity contribution in [3.8, 4) is 0 Å². The SMILES string of the molecule is CCc1cc2c(s1)CCCC2CCN. The van der Waals surface area contributed by atoms with Crippen LogP contribution in [0.25, 0.3) is 0 Å². The molecule has 1 unspecified atom stereocenters. The number of rotatable bonds is 3. The standard InChI is InChI=1S/C12H19NS/c1-2-10-8-11-9(6-7-13)4-3-5-12(11)14-10/h8-9H,2-7,13H2,1H3. The van der Waals surface area contributed by atoms with Gasteiger partial charge in [0, 0.05) is 9.75 Å². The van der Waals surface area contributed by atoms with Crippen LogP contribution in [0.5, 0.6) is 0 Å². The van der Waals surface area contributed by atoms with Crippen LogP contribution < -0.4 is 5.73 Å². The van der Waals surface area contributed by atoms with E-state index in [0.717, 1.165) is 12.5 Å². The Kier molecular flexibility index (Phi) is 3.24. The van der Waals surface area contributed by atoms with Crippen LogP contribution in [-0.4, -0.2) is 6.54 Å². The molecule has 1 aromatic heterocycles. The van der Waals surface area contributed by atoms with E-state index in [-0.39, 0.29) is 0 Å². The normalized spacial score (nSPS) is 20.9. The minimum Gasteiger partial charge on any atom is -0.330 e. The molecular weight excluding hydrogens is 190 g/mol. The van der Waals surface area contributed by atoms with Crippen molar-refractivity contribution in [1.29, 1.82) is 0 Å². The highest BCUT2D eigenvalue weighted by atomic mass is 32.1. The first-order valence-corrected chi connectivity index (χ1v) is 6.48. The van der Waals surface area contributed by atoms with Gasteiger partial charge in [0.25, 0.3) is 0 Å². The first kappa shape index (κ1) is 10.2. The van der Waals surface area contributed by atoms with Gasteiger partial charge in [0.2, 0.25) is 0 Å². The van der Waals surface area contributed by atoms with Crippen LogP contribution in [-0.2, 0) is 12.8 Å². The van der Waals surface area contributed by atoms with Crippen LogP contribution in [0.1, 0.15) is 47.4 Å². The number of aryl methyl sites for hydroxylation is 2. The van der Waals surface area contributed by atoms with Crippen molar-refractivity contribution in [1.82, 2.24) is 0 Å². The molecule has 1 nitrogen and oxygen atoms in total. The first-order chi connectivity index (χ1) is 6.85. The lowest BCUT2D eigenvalue weighted by Gasteiger charge is -2.21. The predicted octanol–water partition coefficient (Wildman–Crippen LogP) is 3.08. The second-order valence-corrected chi connectivity index (χ2v) is 5.33. The van der Waals surface area contributed by atoms with Gasteiger partial charge in [0.15, 0.2) is 0 Å². The van der Waals surface area contributed by atoms with Gasteiger partial charge < -0.3 is 5.73 Å². The van der Waals surface area contributed by atoms with Crippen LogP contribution in [0.15, 0.2) is 6.07 Å². The number of fused-ring (bicyclic) bond motifs is 1. The third kappa shape index (κ3) is 1.86. The number of hydrogen-bond acceptors (Lipinski definition) is 2. The summed E-state index contributed by atoms with van der Waals surface area (Å²) in [6.07, 6.45) is 6.38.